The Morgan fingerprint density at radius 1 is 1.02 bits per heavy atom. The molecule has 1 N–H and O–H groups in total. The Balaban J connectivity index is 1.22. The van der Waals surface area contributed by atoms with Gasteiger partial charge < -0.3 is 24.5 Å². The summed E-state index contributed by atoms with van der Waals surface area (Å²) in [4.78, 5) is 44.8. The van der Waals surface area contributed by atoms with Crippen LogP contribution in [0.2, 0.25) is 0 Å². The zero-order valence-corrected chi connectivity index (χ0v) is 23.2. The quantitative estimate of drug-likeness (QED) is 0.405. The van der Waals surface area contributed by atoms with E-state index in [0.717, 1.165) is 28.1 Å². The lowest BCUT2D eigenvalue weighted by atomic mass is 9.83. The molecule has 1 spiro atoms. The molecule has 3 aromatic rings. The molecule has 3 aliphatic heterocycles. The summed E-state index contributed by atoms with van der Waals surface area (Å²) in [6.07, 6.45) is 0.852. The first-order chi connectivity index (χ1) is 19.9. The summed E-state index contributed by atoms with van der Waals surface area (Å²) in [5.74, 6) is -0.253. The molecule has 41 heavy (non-hydrogen) atoms. The molecule has 0 saturated carbocycles. The highest BCUT2D eigenvalue weighted by Crippen LogP contribution is 2.53. The maximum atomic E-state index is 14.3. The first-order valence-electron chi connectivity index (χ1n) is 14.3. The highest BCUT2D eigenvalue weighted by Gasteiger charge is 2.60. The number of fused-ring (bicyclic) bond motifs is 2. The second kappa shape index (κ2) is 11.1. The van der Waals surface area contributed by atoms with Crippen molar-refractivity contribution in [3.63, 3.8) is 0 Å². The number of rotatable bonds is 9. The largest absolute Gasteiger partial charge is 0.395 e. The minimum absolute atomic E-state index is 0.106. The van der Waals surface area contributed by atoms with Crippen LogP contribution in [0, 0.1) is 5.92 Å². The van der Waals surface area contributed by atoms with Crippen LogP contribution in [0.15, 0.2) is 78.9 Å². The molecular formula is C33H35N3O5. The third kappa shape index (κ3) is 4.91. The highest BCUT2D eigenvalue weighted by molar-refractivity contribution is 6.07. The number of carbonyl (C=O) groups excluding carboxylic acids is 3. The van der Waals surface area contributed by atoms with Crippen LogP contribution >= 0.6 is 0 Å². The molecule has 3 atom stereocenters. The average Bonchev–Trinajstić information content (AvgIpc) is 3.42. The standard InChI is InChI=1S/C33H35N3O5/c1-23-18-27(20-31(39)34(16-17-37)21-24-8-3-2-4-9-24)41-33(23)28-12-5-6-13-29(28)36(32(33)40)22-25-10-7-11-26(19-25)35-15-14-30(35)38/h2-13,19,23,27,37H,14-18,20-22H2,1H3/t23-,27-,33+/m0/s1. The van der Waals surface area contributed by atoms with Gasteiger partial charge in [0.15, 0.2) is 5.60 Å². The van der Waals surface area contributed by atoms with Crippen molar-refractivity contribution in [1.29, 1.82) is 0 Å². The van der Waals surface area contributed by atoms with E-state index in [1.54, 1.807) is 14.7 Å². The molecule has 8 heteroatoms. The predicted molar refractivity (Wildman–Crippen MR) is 155 cm³/mol. The number of aliphatic hydroxyl groups is 1. The third-order valence-electron chi connectivity index (χ3n) is 8.58. The minimum Gasteiger partial charge on any atom is -0.395 e. The van der Waals surface area contributed by atoms with E-state index in [9.17, 15) is 19.5 Å². The van der Waals surface area contributed by atoms with Gasteiger partial charge >= 0.3 is 0 Å². The number of anilines is 2. The Morgan fingerprint density at radius 2 is 1.78 bits per heavy atom. The maximum Gasteiger partial charge on any atom is 0.264 e. The van der Waals surface area contributed by atoms with Gasteiger partial charge in [0.1, 0.15) is 0 Å². The summed E-state index contributed by atoms with van der Waals surface area (Å²) in [6, 6.07) is 25.2. The Bertz CT molecular complexity index is 1460. The van der Waals surface area contributed by atoms with Crippen molar-refractivity contribution in [1.82, 2.24) is 4.90 Å². The summed E-state index contributed by atoms with van der Waals surface area (Å²) in [5, 5.41) is 9.61. The van der Waals surface area contributed by atoms with Gasteiger partial charge in [0.25, 0.3) is 5.91 Å². The van der Waals surface area contributed by atoms with Crippen LogP contribution < -0.4 is 9.80 Å². The molecule has 0 aromatic heterocycles. The van der Waals surface area contributed by atoms with Crippen molar-refractivity contribution in [2.75, 3.05) is 29.5 Å². The van der Waals surface area contributed by atoms with E-state index in [2.05, 4.69) is 0 Å². The van der Waals surface area contributed by atoms with E-state index in [4.69, 9.17) is 4.74 Å². The Labute approximate surface area is 240 Å². The number of hydrogen-bond donors (Lipinski definition) is 1. The van der Waals surface area contributed by atoms with Gasteiger partial charge in [-0.05, 0) is 35.7 Å². The number of β-lactam (4-membered cyclic amide) rings is 1. The second-order valence-corrected chi connectivity index (χ2v) is 11.2. The fraction of sp³-hybridized carbons (Fsp3) is 0.364. The highest BCUT2D eigenvalue weighted by atomic mass is 16.5. The van der Waals surface area contributed by atoms with Crippen molar-refractivity contribution in [3.8, 4) is 0 Å². The maximum absolute atomic E-state index is 14.3. The Morgan fingerprint density at radius 3 is 2.51 bits per heavy atom. The monoisotopic (exact) mass is 553 g/mol. The molecule has 8 nitrogen and oxygen atoms in total. The van der Waals surface area contributed by atoms with Gasteiger partial charge in [-0.1, -0.05) is 67.6 Å². The number of para-hydroxylation sites is 1. The molecule has 0 bridgehead atoms. The van der Waals surface area contributed by atoms with Crippen molar-refractivity contribution in [2.24, 2.45) is 5.92 Å². The van der Waals surface area contributed by atoms with Crippen molar-refractivity contribution in [3.05, 3.63) is 95.6 Å². The van der Waals surface area contributed by atoms with E-state index < -0.39 is 11.7 Å². The molecule has 3 aromatic carbocycles. The predicted octanol–water partition coefficient (Wildman–Crippen LogP) is 4.00. The summed E-state index contributed by atoms with van der Waals surface area (Å²) < 4.78 is 6.63. The average molecular weight is 554 g/mol. The molecule has 3 heterocycles. The molecule has 2 saturated heterocycles. The van der Waals surface area contributed by atoms with Crippen LogP contribution in [-0.2, 0) is 37.8 Å². The van der Waals surface area contributed by atoms with Crippen molar-refractivity contribution in [2.45, 2.75) is 51.0 Å². The number of aliphatic hydroxyl groups excluding tert-OH is 1. The van der Waals surface area contributed by atoms with Gasteiger partial charge in [0.05, 0.1) is 31.4 Å². The number of amides is 3. The lowest BCUT2D eigenvalue weighted by Crippen LogP contribution is -2.44. The zero-order valence-electron chi connectivity index (χ0n) is 23.2. The number of ether oxygens (including phenoxy) is 1. The fourth-order valence-electron chi connectivity index (χ4n) is 6.44. The van der Waals surface area contributed by atoms with E-state index in [1.165, 1.54) is 0 Å². The van der Waals surface area contributed by atoms with Gasteiger partial charge in [0.2, 0.25) is 11.8 Å². The van der Waals surface area contributed by atoms with Crippen LogP contribution in [0.25, 0.3) is 0 Å². The third-order valence-corrected chi connectivity index (χ3v) is 8.58. The molecule has 0 aliphatic carbocycles. The van der Waals surface area contributed by atoms with Crippen LogP contribution in [-0.4, -0.2) is 53.5 Å². The molecule has 2 fully saturated rings. The van der Waals surface area contributed by atoms with Crippen LogP contribution in [0.1, 0.15) is 42.9 Å². The van der Waals surface area contributed by atoms with Gasteiger partial charge in [0, 0.05) is 43.2 Å². The molecule has 3 amide bonds. The zero-order chi connectivity index (χ0) is 28.6. The summed E-state index contributed by atoms with van der Waals surface area (Å²) >= 11 is 0. The van der Waals surface area contributed by atoms with E-state index in [0.29, 0.717) is 32.5 Å². The van der Waals surface area contributed by atoms with E-state index >= 15 is 0 Å². The van der Waals surface area contributed by atoms with E-state index in [1.807, 2.05) is 85.8 Å². The fourth-order valence-corrected chi connectivity index (χ4v) is 6.44. The van der Waals surface area contributed by atoms with E-state index in [-0.39, 0.29) is 43.2 Å². The SMILES string of the molecule is C[C@H]1C[C@@H](CC(=O)N(CCO)Cc2ccccc2)O[C@]12C(=O)N(Cc1cccc(N3CCC3=O)c1)c1ccccc12. The van der Waals surface area contributed by atoms with Crippen LogP contribution in [0.5, 0.6) is 0 Å². The molecular weight excluding hydrogens is 518 g/mol. The molecule has 3 aliphatic rings. The van der Waals surface area contributed by atoms with Gasteiger partial charge in [-0.25, -0.2) is 0 Å². The van der Waals surface area contributed by atoms with Gasteiger partial charge in [-0.15, -0.1) is 0 Å². The minimum atomic E-state index is -1.16. The summed E-state index contributed by atoms with van der Waals surface area (Å²) in [5.41, 5.74) is 3.25. The Kier molecular flexibility index (Phi) is 7.36. The second-order valence-electron chi connectivity index (χ2n) is 11.2. The molecule has 212 valence electrons. The number of carbonyl (C=O) groups is 3. The smallest absolute Gasteiger partial charge is 0.264 e. The number of nitrogens with zero attached hydrogens (tertiary/aromatic N) is 3. The summed E-state index contributed by atoms with van der Waals surface area (Å²) in [7, 11) is 0. The molecule has 6 rings (SSSR count). The normalized spacial score (nSPS) is 23.2. The van der Waals surface area contributed by atoms with Crippen LogP contribution in [0.3, 0.4) is 0 Å². The number of benzene rings is 3. The molecule has 0 radical (unpaired) electrons. The van der Waals surface area contributed by atoms with Crippen molar-refractivity contribution < 1.29 is 24.2 Å². The van der Waals surface area contributed by atoms with Crippen LogP contribution in [0.4, 0.5) is 11.4 Å². The van der Waals surface area contributed by atoms with Gasteiger partial charge in [-0.3, -0.25) is 14.4 Å². The number of hydrogen-bond acceptors (Lipinski definition) is 5. The first kappa shape index (κ1) is 27.2. The van der Waals surface area contributed by atoms with Crippen molar-refractivity contribution >= 4 is 29.1 Å². The summed E-state index contributed by atoms with van der Waals surface area (Å²) in [6.45, 7) is 3.61. The Hall–Kier alpha value is -4.01. The topological polar surface area (TPSA) is 90.4 Å². The lowest BCUT2D eigenvalue weighted by Gasteiger charge is -2.31. The lowest BCUT2D eigenvalue weighted by molar-refractivity contribution is -0.150. The van der Waals surface area contributed by atoms with Gasteiger partial charge in [-0.2, -0.15) is 0 Å². The molecule has 0 unspecified atom stereocenters. The first-order valence-corrected chi connectivity index (χ1v) is 14.3.